The third-order valence-electron chi connectivity index (χ3n) is 3.09. The lowest BCUT2D eigenvalue weighted by Gasteiger charge is -2.06. The van der Waals surface area contributed by atoms with Crippen molar-refractivity contribution in [3.63, 3.8) is 0 Å². The molecule has 17 heavy (non-hydrogen) atoms. The highest BCUT2D eigenvalue weighted by Gasteiger charge is 2.01. The zero-order valence-corrected chi connectivity index (χ0v) is 9.87. The van der Waals surface area contributed by atoms with Crippen LogP contribution in [0.4, 0.5) is 0 Å². The maximum atomic E-state index is 4.05. The highest BCUT2D eigenvalue weighted by atomic mass is 15.1. The summed E-state index contributed by atoms with van der Waals surface area (Å²) in [7, 11) is 0. The smallest absolute Gasteiger partial charge is 0.0946 e. The number of aryl methyl sites for hydroxylation is 3. The molecule has 86 valence electrons. The lowest BCUT2D eigenvalue weighted by Crippen LogP contribution is -2.04. The van der Waals surface area contributed by atoms with E-state index in [9.17, 15) is 0 Å². The van der Waals surface area contributed by atoms with Gasteiger partial charge in [-0.1, -0.05) is 12.1 Å². The Kier molecular flexibility index (Phi) is 2.44. The fourth-order valence-corrected chi connectivity index (χ4v) is 2.13. The summed E-state index contributed by atoms with van der Waals surface area (Å²) < 4.78 is 4.39. The maximum absolute atomic E-state index is 4.05. The van der Waals surface area contributed by atoms with Crippen molar-refractivity contribution in [2.45, 2.75) is 20.0 Å². The van der Waals surface area contributed by atoms with Crippen molar-refractivity contribution in [2.75, 3.05) is 0 Å². The Morgan fingerprint density at radius 3 is 2.88 bits per heavy atom. The van der Waals surface area contributed by atoms with Crippen molar-refractivity contribution in [3.8, 4) is 0 Å². The monoisotopic (exact) mass is 225 g/mol. The third-order valence-corrected chi connectivity index (χ3v) is 3.09. The van der Waals surface area contributed by atoms with Crippen molar-refractivity contribution in [3.05, 3.63) is 54.7 Å². The molecule has 3 aromatic rings. The van der Waals surface area contributed by atoms with E-state index in [1.165, 1.54) is 16.5 Å². The van der Waals surface area contributed by atoms with E-state index in [1.54, 1.807) is 0 Å². The molecule has 0 spiro atoms. The van der Waals surface area contributed by atoms with E-state index >= 15 is 0 Å². The van der Waals surface area contributed by atoms with Crippen LogP contribution in [0.5, 0.6) is 0 Å². The molecule has 2 heterocycles. The van der Waals surface area contributed by atoms with Crippen LogP contribution in [-0.4, -0.2) is 14.1 Å². The molecular formula is C14H15N3. The summed E-state index contributed by atoms with van der Waals surface area (Å²) in [6.45, 7) is 4.06. The van der Waals surface area contributed by atoms with Crippen molar-refractivity contribution in [1.82, 2.24) is 14.1 Å². The number of imidazole rings is 1. The van der Waals surface area contributed by atoms with Crippen LogP contribution in [0.15, 0.2) is 49.2 Å². The zero-order valence-electron chi connectivity index (χ0n) is 9.87. The molecule has 2 aromatic heterocycles. The minimum Gasteiger partial charge on any atom is -0.346 e. The van der Waals surface area contributed by atoms with Gasteiger partial charge in [0.25, 0.3) is 0 Å². The molecule has 0 unspecified atom stereocenters. The van der Waals surface area contributed by atoms with Gasteiger partial charge in [-0.15, -0.1) is 0 Å². The van der Waals surface area contributed by atoms with Crippen LogP contribution in [0.2, 0.25) is 0 Å². The van der Waals surface area contributed by atoms with E-state index in [1.807, 2.05) is 18.7 Å². The van der Waals surface area contributed by atoms with Gasteiger partial charge in [0.15, 0.2) is 0 Å². The normalized spacial score (nSPS) is 11.1. The first kappa shape index (κ1) is 10.1. The van der Waals surface area contributed by atoms with Gasteiger partial charge in [0.1, 0.15) is 0 Å². The Labute approximate surface area is 100 Å². The van der Waals surface area contributed by atoms with Crippen LogP contribution in [0, 0.1) is 6.92 Å². The van der Waals surface area contributed by atoms with Gasteiger partial charge in [0.05, 0.1) is 6.33 Å². The summed E-state index contributed by atoms with van der Waals surface area (Å²) in [5.41, 5.74) is 2.62. The van der Waals surface area contributed by atoms with Crippen LogP contribution >= 0.6 is 0 Å². The molecule has 0 aliphatic rings. The molecule has 0 aliphatic heterocycles. The molecule has 1 aromatic carbocycles. The highest BCUT2D eigenvalue weighted by Crippen LogP contribution is 2.17. The maximum Gasteiger partial charge on any atom is 0.0946 e. The molecule has 3 nitrogen and oxygen atoms in total. The molecule has 0 N–H and O–H groups in total. The van der Waals surface area contributed by atoms with Crippen LogP contribution in [0.3, 0.4) is 0 Å². The van der Waals surface area contributed by atoms with Crippen molar-refractivity contribution in [2.24, 2.45) is 0 Å². The van der Waals surface area contributed by atoms with E-state index in [-0.39, 0.29) is 0 Å². The van der Waals surface area contributed by atoms with Crippen LogP contribution in [0.25, 0.3) is 10.9 Å². The third kappa shape index (κ3) is 1.96. The van der Waals surface area contributed by atoms with E-state index in [4.69, 9.17) is 0 Å². The Balaban J connectivity index is 1.87. The van der Waals surface area contributed by atoms with Crippen LogP contribution < -0.4 is 0 Å². The number of benzene rings is 1. The number of aromatic nitrogens is 3. The predicted molar refractivity (Wildman–Crippen MR) is 68.9 cm³/mol. The average molecular weight is 225 g/mol. The second kappa shape index (κ2) is 4.09. The summed E-state index contributed by atoms with van der Waals surface area (Å²) in [4.78, 5) is 4.05. The van der Waals surface area contributed by atoms with Crippen molar-refractivity contribution < 1.29 is 0 Å². The first-order valence-electron chi connectivity index (χ1n) is 5.84. The number of rotatable bonds is 3. The second-order valence-corrected chi connectivity index (χ2v) is 4.37. The van der Waals surface area contributed by atoms with Gasteiger partial charge < -0.3 is 9.13 Å². The van der Waals surface area contributed by atoms with Crippen molar-refractivity contribution >= 4 is 10.9 Å². The van der Waals surface area contributed by atoms with Gasteiger partial charge >= 0.3 is 0 Å². The van der Waals surface area contributed by atoms with Gasteiger partial charge in [0.2, 0.25) is 0 Å². The predicted octanol–water partition coefficient (Wildman–Crippen LogP) is 2.85. The van der Waals surface area contributed by atoms with E-state index in [2.05, 4.69) is 51.5 Å². The van der Waals surface area contributed by atoms with Gasteiger partial charge in [-0.05, 0) is 30.0 Å². The second-order valence-electron chi connectivity index (χ2n) is 4.37. The molecule has 0 atom stereocenters. The molecule has 0 fully saturated rings. The fourth-order valence-electron chi connectivity index (χ4n) is 2.13. The van der Waals surface area contributed by atoms with E-state index in [0.29, 0.717) is 0 Å². The molecular weight excluding hydrogens is 210 g/mol. The minimum atomic E-state index is 0.956. The Morgan fingerprint density at radius 1 is 1.12 bits per heavy atom. The summed E-state index contributed by atoms with van der Waals surface area (Å²) in [5.74, 6) is 0. The molecule has 0 aliphatic carbocycles. The average Bonchev–Trinajstić information content (AvgIpc) is 2.94. The fraction of sp³-hybridized carbons (Fsp3) is 0.214. The van der Waals surface area contributed by atoms with E-state index < -0.39 is 0 Å². The van der Waals surface area contributed by atoms with E-state index in [0.717, 1.165) is 13.1 Å². The number of fused-ring (bicyclic) bond motifs is 1. The molecule has 0 amide bonds. The molecule has 3 rings (SSSR count). The molecule has 0 radical (unpaired) electrons. The Bertz CT molecular complexity index is 620. The first-order chi connectivity index (χ1) is 8.33. The largest absolute Gasteiger partial charge is 0.346 e. The van der Waals surface area contributed by atoms with Gasteiger partial charge in [-0.25, -0.2) is 4.98 Å². The quantitative estimate of drug-likeness (QED) is 0.672. The molecule has 0 bridgehead atoms. The van der Waals surface area contributed by atoms with Gasteiger partial charge in [-0.2, -0.15) is 0 Å². The summed E-state index contributed by atoms with van der Waals surface area (Å²) >= 11 is 0. The number of nitrogens with zero attached hydrogens (tertiary/aromatic N) is 3. The summed E-state index contributed by atoms with van der Waals surface area (Å²) in [6.07, 6.45) is 7.83. The first-order valence-corrected chi connectivity index (χ1v) is 5.84. The van der Waals surface area contributed by atoms with Crippen LogP contribution in [0.1, 0.15) is 5.56 Å². The minimum absolute atomic E-state index is 0.956. The molecule has 3 heteroatoms. The van der Waals surface area contributed by atoms with Gasteiger partial charge in [0, 0.05) is 37.2 Å². The topological polar surface area (TPSA) is 22.8 Å². The lowest BCUT2D eigenvalue weighted by molar-refractivity contribution is 0.592. The van der Waals surface area contributed by atoms with Crippen LogP contribution in [-0.2, 0) is 13.1 Å². The van der Waals surface area contributed by atoms with Gasteiger partial charge in [-0.3, -0.25) is 0 Å². The number of hydrogen-bond donors (Lipinski definition) is 0. The number of hydrogen-bond acceptors (Lipinski definition) is 1. The Hall–Kier alpha value is -2.03. The standard InChI is InChI=1S/C14H15N3/c1-12-2-3-13-4-6-17(14(13)10-12)9-8-16-7-5-15-11-16/h2-7,10-11H,8-9H2,1H3. The molecule has 0 saturated heterocycles. The van der Waals surface area contributed by atoms with Crippen molar-refractivity contribution in [1.29, 1.82) is 0 Å². The molecule has 0 saturated carbocycles. The highest BCUT2D eigenvalue weighted by molar-refractivity contribution is 5.80. The summed E-state index contributed by atoms with van der Waals surface area (Å²) in [5, 5.41) is 1.31. The SMILES string of the molecule is Cc1ccc2ccn(CCn3ccnc3)c2c1. The zero-order chi connectivity index (χ0) is 11.7. The lowest BCUT2D eigenvalue weighted by atomic mass is 10.2. The Morgan fingerprint density at radius 2 is 2.06 bits per heavy atom. The summed E-state index contributed by atoms with van der Waals surface area (Å²) in [6, 6.07) is 8.74.